The van der Waals surface area contributed by atoms with Crippen LogP contribution in [0.2, 0.25) is 5.02 Å². The lowest BCUT2D eigenvalue weighted by Crippen LogP contribution is -2.24. The Morgan fingerprint density at radius 1 is 1.18 bits per heavy atom. The Hall–Kier alpha value is -0.150. The highest BCUT2D eigenvalue weighted by Crippen LogP contribution is 2.26. The van der Waals surface area contributed by atoms with Gasteiger partial charge in [-0.25, -0.2) is 0 Å². The first-order valence-electron chi connectivity index (χ1n) is 6.95. The van der Waals surface area contributed by atoms with Gasteiger partial charge in [0.15, 0.2) is 11.5 Å². The first-order valence-corrected chi connectivity index (χ1v) is 9.82. The fourth-order valence-electron chi connectivity index (χ4n) is 2.15. The summed E-state index contributed by atoms with van der Waals surface area (Å²) in [6, 6.07) is 4.71. The molecular formula is C16H15ClI2O3. The Bertz CT molecular complexity index is 628. The number of Topliss-reactive ketones (excluding diaryl/α,β-unsaturated/α-hetero) is 1. The Morgan fingerprint density at radius 3 is 2.59 bits per heavy atom. The SMILES string of the molecule is CCCC(I)C(I)COC1=CC(=O)c2cc(Cl)ccc2C1=O. The van der Waals surface area contributed by atoms with Crippen LogP contribution in [0.3, 0.4) is 0 Å². The molecule has 0 spiro atoms. The van der Waals surface area contributed by atoms with Crippen LogP contribution in [0.25, 0.3) is 0 Å². The lowest BCUT2D eigenvalue weighted by atomic mass is 9.94. The third-order valence-electron chi connectivity index (χ3n) is 3.33. The predicted molar refractivity (Wildman–Crippen MR) is 105 cm³/mol. The molecule has 0 N–H and O–H groups in total. The maximum absolute atomic E-state index is 12.4. The van der Waals surface area contributed by atoms with Gasteiger partial charge >= 0.3 is 0 Å². The van der Waals surface area contributed by atoms with Crippen LogP contribution in [0.15, 0.2) is 30.0 Å². The van der Waals surface area contributed by atoms with E-state index >= 15 is 0 Å². The average molecular weight is 545 g/mol. The van der Waals surface area contributed by atoms with Gasteiger partial charge in [-0.2, -0.15) is 0 Å². The van der Waals surface area contributed by atoms with Crippen molar-refractivity contribution in [1.29, 1.82) is 0 Å². The summed E-state index contributed by atoms with van der Waals surface area (Å²) in [6.45, 7) is 2.56. The Balaban J connectivity index is 2.09. The molecule has 1 aliphatic carbocycles. The quantitative estimate of drug-likeness (QED) is 0.373. The fraction of sp³-hybridized carbons (Fsp3) is 0.375. The molecule has 3 nitrogen and oxygen atoms in total. The van der Waals surface area contributed by atoms with Gasteiger partial charge in [0.1, 0.15) is 6.61 Å². The highest BCUT2D eigenvalue weighted by atomic mass is 127. The van der Waals surface area contributed by atoms with Gasteiger partial charge in [-0.05, 0) is 24.6 Å². The molecule has 1 aromatic rings. The lowest BCUT2D eigenvalue weighted by molar-refractivity contribution is 0.0885. The highest BCUT2D eigenvalue weighted by molar-refractivity contribution is 14.1. The van der Waals surface area contributed by atoms with E-state index in [2.05, 4.69) is 52.1 Å². The van der Waals surface area contributed by atoms with Crippen LogP contribution in [0.1, 0.15) is 40.5 Å². The number of ether oxygens (including phenoxy) is 1. The van der Waals surface area contributed by atoms with Crippen LogP contribution in [0.5, 0.6) is 0 Å². The highest BCUT2D eigenvalue weighted by Gasteiger charge is 2.28. The second kappa shape index (κ2) is 8.10. The van der Waals surface area contributed by atoms with Crippen molar-refractivity contribution in [3.05, 3.63) is 46.2 Å². The Labute approximate surface area is 162 Å². The van der Waals surface area contributed by atoms with Crippen LogP contribution in [-0.4, -0.2) is 26.0 Å². The zero-order chi connectivity index (χ0) is 16.3. The molecule has 0 aromatic heterocycles. The zero-order valence-corrected chi connectivity index (χ0v) is 17.0. The molecule has 22 heavy (non-hydrogen) atoms. The Morgan fingerprint density at radius 2 is 1.91 bits per heavy atom. The lowest BCUT2D eigenvalue weighted by Gasteiger charge is -2.20. The molecule has 2 atom stereocenters. The fourth-order valence-corrected chi connectivity index (χ4v) is 3.69. The smallest absolute Gasteiger partial charge is 0.228 e. The normalized spacial score (nSPS) is 16.8. The van der Waals surface area contributed by atoms with Gasteiger partial charge in [0.25, 0.3) is 0 Å². The number of fused-ring (bicyclic) bond motifs is 1. The molecule has 1 aliphatic rings. The molecule has 6 heteroatoms. The van der Waals surface area contributed by atoms with Gasteiger partial charge in [0, 0.05) is 26.2 Å². The monoisotopic (exact) mass is 544 g/mol. The molecule has 0 aliphatic heterocycles. The van der Waals surface area contributed by atoms with Gasteiger partial charge in [-0.15, -0.1) is 0 Å². The summed E-state index contributed by atoms with van der Waals surface area (Å²) in [5, 5.41) is 0.442. The third-order valence-corrected chi connectivity index (χ3v) is 7.66. The Kier molecular flexibility index (Phi) is 6.70. The first-order chi connectivity index (χ1) is 10.4. The number of hydrogen-bond donors (Lipinski definition) is 0. The van der Waals surface area contributed by atoms with E-state index in [0.717, 1.165) is 12.8 Å². The number of ketones is 2. The molecular weight excluding hydrogens is 529 g/mol. The number of allylic oxidation sites excluding steroid dienone is 2. The molecule has 2 rings (SSSR count). The number of carbonyl (C=O) groups is 2. The van der Waals surface area contributed by atoms with Crippen LogP contribution in [-0.2, 0) is 4.74 Å². The largest absolute Gasteiger partial charge is 0.488 e. The summed E-state index contributed by atoms with van der Waals surface area (Å²) >= 11 is 10.6. The molecule has 0 saturated heterocycles. The van der Waals surface area contributed by atoms with E-state index in [1.54, 1.807) is 12.1 Å². The summed E-state index contributed by atoms with van der Waals surface area (Å²) in [5.41, 5.74) is 0.699. The van der Waals surface area contributed by atoms with E-state index in [1.807, 2.05) is 0 Å². The number of carbonyl (C=O) groups excluding carboxylic acids is 2. The second-order valence-corrected chi connectivity index (χ2v) is 8.66. The van der Waals surface area contributed by atoms with Gasteiger partial charge in [0.2, 0.25) is 5.78 Å². The summed E-state index contributed by atoms with van der Waals surface area (Å²) < 4.78 is 6.39. The van der Waals surface area contributed by atoms with E-state index in [9.17, 15) is 9.59 Å². The van der Waals surface area contributed by atoms with Crippen LogP contribution in [0, 0.1) is 0 Å². The van der Waals surface area contributed by atoms with Crippen molar-refractivity contribution in [2.24, 2.45) is 0 Å². The molecule has 1 aromatic carbocycles. The van der Waals surface area contributed by atoms with E-state index in [0.29, 0.717) is 26.7 Å². The van der Waals surface area contributed by atoms with Gasteiger partial charge < -0.3 is 4.74 Å². The van der Waals surface area contributed by atoms with Crippen molar-refractivity contribution >= 4 is 68.3 Å². The molecule has 2 unspecified atom stereocenters. The average Bonchev–Trinajstić information content (AvgIpc) is 2.49. The van der Waals surface area contributed by atoms with Crippen molar-refractivity contribution in [3.63, 3.8) is 0 Å². The van der Waals surface area contributed by atoms with E-state index < -0.39 is 0 Å². The predicted octanol–water partition coefficient (Wildman–Crippen LogP) is 5.03. The molecule has 0 amide bonds. The number of benzene rings is 1. The molecule has 0 fully saturated rings. The first kappa shape index (κ1) is 18.2. The molecule has 118 valence electrons. The number of rotatable bonds is 6. The van der Waals surface area contributed by atoms with Crippen LogP contribution >= 0.6 is 56.8 Å². The third kappa shape index (κ3) is 4.23. The van der Waals surface area contributed by atoms with E-state index in [-0.39, 0.29) is 21.3 Å². The van der Waals surface area contributed by atoms with Gasteiger partial charge in [-0.3, -0.25) is 9.59 Å². The standard InChI is InChI=1S/C16H15ClI2O3/c1-2-3-12(18)13(19)8-22-15-7-14(20)11-6-9(17)4-5-10(11)16(15)21/h4-7,12-13H,2-3,8H2,1H3. The van der Waals surface area contributed by atoms with Gasteiger partial charge in [-0.1, -0.05) is 70.1 Å². The topological polar surface area (TPSA) is 43.4 Å². The number of alkyl halides is 2. The number of halogens is 3. The van der Waals surface area contributed by atoms with Crippen molar-refractivity contribution in [2.75, 3.05) is 6.61 Å². The van der Waals surface area contributed by atoms with E-state index in [4.69, 9.17) is 16.3 Å². The minimum atomic E-state index is -0.254. The zero-order valence-electron chi connectivity index (χ0n) is 11.9. The summed E-state index contributed by atoms with van der Waals surface area (Å²) in [5.74, 6) is -0.367. The van der Waals surface area contributed by atoms with Crippen molar-refractivity contribution < 1.29 is 14.3 Å². The summed E-state index contributed by atoms with van der Waals surface area (Å²) in [6.07, 6.45) is 3.48. The maximum atomic E-state index is 12.4. The minimum Gasteiger partial charge on any atom is -0.488 e. The molecule has 0 radical (unpaired) electrons. The van der Waals surface area contributed by atoms with E-state index in [1.165, 1.54) is 12.1 Å². The van der Waals surface area contributed by atoms with Crippen molar-refractivity contribution in [3.8, 4) is 0 Å². The molecule has 0 heterocycles. The van der Waals surface area contributed by atoms with Crippen molar-refractivity contribution in [2.45, 2.75) is 27.6 Å². The molecule has 0 saturated carbocycles. The maximum Gasteiger partial charge on any atom is 0.228 e. The summed E-state index contributed by atoms with van der Waals surface area (Å²) in [7, 11) is 0. The van der Waals surface area contributed by atoms with Crippen LogP contribution < -0.4 is 0 Å². The molecule has 0 bridgehead atoms. The van der Waals surface area contributed by atoms with Crippen LogP contribution in [0.4, 0.5) is 0 Å². The summed E-state index contributed by atoms with van der Waals surface area (Å²) in [4.78, 5) is 24.5. The minimum absolute atomic E-state index is 0.126. The number of hydrogen-bond acceptors (Lipinski definition) is 3. The van der Waals surface area contributed by atoms with Crippen molar-refractivity contribution in [1.82, 2.24) is 0 Å². The van der Waals surface area contributed by atoms with Gasteiger partial charge in [0.05, 0.1) is 3.92 Å². The second-order valence-electron chi connectivity index (χ2n) is 5.02.